The summed E-state index contributed by atoms with van der Waals surface area (Å²) >= 11 is 5.89. The molecule has 0 bridgehead atoms. The SMILES string of the molecule is COc1cccc(/C=C2\C(=O)NC(=O)N(c3ccc(Cl)cc3)C2=O)c1OCC(=O)Nc1ccc(F)cc1. The fraction of sp³-hybridized carbons (Fsp3) is 0.0769. The summed E-state index contributed by atoms with van der Waals surface area (Å²) in [5.41, 5.74) is 0.486. The van der Waals surface area contributed by atoms with Crippen LogP contribution in [-0.4, -0.2) is 37.5 Å². The minimum Gasteiger partial charge on any atom is -0.493 e. The predicted molar refractivity (Wildman–Crippen MR) is 134 cm³/mol. The molecule has 5 amide bonds. The third-order valence-electron chi connectivity index (χ3n) is 5.19. The van der Waals surface area contributed by atoms with Crippen LogP contribution in [0.25, 0.3) is 6.08 Å². The van der Waals surface area contributed by atoms with Crippen molar-refractivity contribution in [2.75, 3.05) is 23.9 Å². The first-order valence-corrected chi connectivity index (χ1v) is 11.2. The van der Waals surface area contributed by atoms with Gasteiger partial charge in [0.1, 0.15) is 11.4 Å². The zero-order valence-electron chi connectivity index (χ0n) is 19.3. The number of para-hydroxylation sites is 1. The molecule has 0 unspecified atom stereocenters. The first-order valence-electron chi connectivity index (χ1n) is 10.8. The van der Waals surface area contributed by atoms with E-state index in [0.29, 0.717) is 10.7 Å². The largest absolute Gasteiger partial charge is 0.493 e. The molecule has 0 spiro atoms. The molecule has 1 fully saturated rings. The van der Waals surface area contributed by atoms with Crippen molar-refractivity contribution in [2.45, 2.75) is 0 Å². The number of halogens is 2. The van der Waals surface area contributed by atoms with E-state index in [1.165, 1.54) is 61.7 Å². The molecule has 0 saturated carbocycles. The van der Waals surface area contributed by atoms with Crippen LogP contribution in [0.1, 0.15) is 5.56 Å². The number of benzene rings is 3. The van der Waals surface area contributed by atoms with Gasteiger partial charge < -0.3 is 14.8 Å². The lowest BCUT2D eigenvalue weighted by Gasteiger charge is -2.26. The van der Waals surface area contributed by atoms with Gasteiger partial charge in [-0.05, 0) is 60.7 Å². The fourth-order valence-corrected chi connectivity index (χ4v) is 3.59. The van der Waals surface area contributed by atoms with Gasteiger partial charge in [-0.25, -0.2) is 14.1 Å². The lowest BCUT2D eigenvalue weighted by Crippen LogP contribution is -2.54. The number of carbonyl (C=O) groups excluding carboxylic acids is 4. The van der Waals surface area contributed by atoms with Crippen molar-refractivity contribution >= 4 is 52.8 Å². The van der Waals surface area contributed by atoms with Crippen molar-refractivity contribution in [3.63, 3.8) is 0 Å². The third kappa shape index (κ3) is 5.76. The summed E-state index contributed by atoms with van der Waals surface area (Å²) < 4.78 is 24.1. The van der Waals surface area contributed by atoms with Crippen molar-refractivity contribution in [2.24, 2.45) is 0 Å². The number of anilines is 2. The molecule has 0 aliphatic carbocycles. The van der Waals surface area contributed by atoms with E-state index in [4.69, 9.17) is 21.1 Å². The van der Waals surface area contributed by atoms with Crippen LogP contribution in [0.3, 0.4) is 0 Å². The number of barbiturate groups is 1. The number of hydrogen-bond acceptors (Lipinski definition) is 6. The number of carbonyl (C=O) groups is 4. The Morgan fingerprint density at radius 2 is 1.76 bits per heavy atom. The minimum atomic E-state index is -0.908. The van der Waals surface area contributed by atoms with Gasteiger partial charge in [0.05, 0.1) is 12.8 Å². The topological polar surface area (TPSA) is 114 Å². The molecule has 0 aromatic heterocycles. The summed E-state index contributed by atoms with van der Waals surface area (Å²) in [7, 11) is 1.39. The number of hydrogen-bond donors (Lipinski definition) is 2. The highest BCUT2D eigenvalue weighted by Crippen LogP contribution is 2.33. The summed E-state index contributed by atoms with van der Waals surface area (Å²) in [6.07, 6.45) is 1.24. The number of amides is 5. The van der Waals surface area contributed by atoms with Crippen LogP contribution in [0.2, 0.25) is 5.02 Å². The monoisotopic (exact) mass is 523 g/mol. The summed E-state index contributed by atoms with van der Waals surface area (Å²) in [6.45, 7) is -0.455. The maximum Gasteiger partial charge on any atom is 0.335 e. The number of methoxy groups -OCH3 is 1. The van der Waals surface area contributed by atoms with Crippen LogP contribution in [0.5, 0.6) is 11.5 Å². The summed E-state index contributed by atoms with van der Waals surface area (Å²) in [4.78, 5) is 51.4. The molecule has 11 heteroatoms. The molecular weight excluding hydrogens is 505 g/mol. The zero-order chi connectivity index (χ0) is 26.5. The van der Waals surface area contributed by atoms with E-state index < -0.39 is 36.2 Å². The van der Waals surface area contributed by atoms with Gasteiger partial charge in [-0.1, -0.05) is 23.7 Å². The fourth-order valence-electron chi connectivity index (χ4n) is 3.47. The second-order valence-electron chi connectivity index (χ2n) is 7.66. The molecule has 1 aliphatic rings. The van der Waals surface area contributed by atoms with Crippen LogP contribution in [-0.2, 0) is 14.4 Å². The maximum atomic E-state index is 13.2. The predicted octanol–water partition coefficient (Wildman–Crippen LogP) is 4.17. The van der Waals surface area contributed by atoms with E-state index in [9.17, 15) is 23.6 Å². The molecule has 1 heterocycles. The summed E-state index contributed by atoms with van der Waals surface area (Å²) in [6, 6.07) is 14.9. The van der Waals surface area contributed by atoms with Gasteiger partial charge in [0.25, 0.3) is 17.7 Å². The van der Waals surface area contributed by atoms with Crippen molar-refractivity contribution in [3.05, 3.63) is 88.7 Å². The van der Waals surface area contributed by atoms with E-state index in [1.54, 1.807) is 18.2 Å². The van der Waals surface area contributed by atoms with Gasteiger partial charge in [0.2, 0.25) is 0 Å². The quantitative estimate of drug-likeness (QED) is 0.355. The molecule has 1 aliphatic heterocycles. The van der Waals surface area contributed by atoms with Crippen LogP contribution in [0.15, 0.2) is 72.3 Å². The standard InChI is InChI=1S/C26H19ClFN3O6/c1-36-21-4-2-3-15(23(21)37-14-22(32)29-18-9-7-17(28)8-10-18)13-20-24(33)30-26(35)31(25(20)34)19-11-5-16(27)6-12-19/h2-13H,14H2,1H3,(H,29,32)(H,30,33,35)/b20-13+. The van der Waals surface area contributed by atoms with Gasteiger partial charge in [0.15, 0.2) is 18.1 Å². The van der Waals surface area contributed by atoms with Crippen LogP contribution in [0, 0.1) is 5.82 Å². The molecule has 37 heavy (non-hydrogen) atoms. The maximum absolute atomic E-state index is 13.2. The van der Waals surface area contributed by atoms with Gasteiger partial charge in [-0.3, -0.25) is 19.7 Å². The van der Waals surface area contributed by atoms with E-state index in [-0.39, 0.29) is 28.3 Å². The van der Waals surface area contributed by atoms with Gasteiger partial charge >= 0.3 is 6.03 Å². The Bertz CT molecular complexity index is 1410. The molecule has 0 radical (unpaired) electrons. The molecule has 3 aromatic rings. The molecule has 0 atom stereocenters. The molecule has 3 aromatic carbocycles. The molecule has 1 saturated heterocycles. The number of rotatable bonds is 7. The average Bonchev–Trinajstić information content (AvgIpc) is 2.87. The highest BCUT2D eigenvalue weighted by atomic mass is 35.5. The second kappa shape index (κ2) is 10.9. The van der Waals surface area contributed by atoms with Gasteiger partial charge in [-0.15, -0.1) is 0 Å². The Morgan fingerprint density at radius 1 is 1.05 bits per heavy atom. The molecule has 2 N–H and O–H groups in total. The Labute approximate surface area is 215 Å². The first-order chi connectivity index (χ1) is 17.8. The van der Waals surface area contributed by atoms with E-state index in [1.807, 2.05) is 0 Å². The Morgan fingerprint density at radius 3 is 2.43 bits per heavy atom. The molecular formula is C26H19ClFN3O6. The number of ether oxygens (including phenoxy) is 2. The van der Waals surface area contributed by atoms with Crippen LogP contribution in [0.4, 0.5) is 20.6 Å². The smallest absolute Gasteiger partial charge is 0.335 e. The lowest BCUT2D eigenvalue weighted by atomic mass is 10.1. The Kier molecular flexibility index (Phi) is 7.49. The number of imide groups is 2. The van der Waals surface area contributed by atoms with Crippen LogP contribution >= 0.6 is 11.6 Å². The first kappa shape index (κ1) is 25.4. The lowest BCUT2D eigenvalue weighted by molar-refractivity contribution is -0.122. The second-order valence-corrected chi connectivity index (χ2v) is 8.09. The van der Waals surface area contributed by atoms with Crippen molar-refractivity contribution in [1.82, 2.24) is 5.32 Å². The number of urea groups is 1. The highest BCUT2D eigenvalue weighted by molar-refractivity contribution is 6.39. The Hall–Kier alpha value is -4.70. The van der Waals surface area contributed by atoms with Crippen LogP contribution < -0.4 is 25.0 Å². The highest BCUT2D eigenvalue weighted by Gasteiger charge is 2.37. The van der Waals surface area contributed by atoms with E-state index in [0.717, 1.165) is 4.90 Å². The van der Waals surface area contributed by atoms with E-state index >= 15 is 0 Å². The number of nitrogens with one attached hydrogen (secondary N) is 2. The molecule has 9 nitrogen and oxygen atoms in total. The van der Waals surface area contributed by atoms with E-state index in [2.05, 4.69) is 10.6 Å². The Balaban J connectivity index is 1.61. The van der Waals surface area contributed by atoms with Crippen molar-refractivity contribution < 1.29 is 33.0 Å². The third-order valence-corrected chi connectivity index (χ3v) is 5.44. The summed E-state index contributed by atoms with van der Waals surface area (Å²) in [5.74, 6) is -2.43. The van der Waals surface area contributed by atoms with Gasteiger partial charge in [-0.2, -0.15) is 0 Å². The van der Waals surface area contributed by atoms with Crippen molar-refractivity contribution in [1.29, 1.82) is 0 Å². The zero-order valence-corrected chi connectivity index (χ0v) is 20.0. The van der Waals surface area contributed by atoms with Gasteiger partial charge in [0, 0.05) is 16.3 Å². The number of nitrogens with zero attached hydrogens (tertiary/aromatic N) is 1. The average molecular weight is 524 g/mol. The minimum absolute atomic E-state index is 0.0855. The molecule has 4 rings (SSSR count). The molecule has 188 valence electrons. The summed E-state index contributed by atoms with van der Waals surface area (Å²) in [5, 5.41) is 5.11. The van der Waals surface area contributed by atoms with Crippen molar-refractivity contribution in [3.8, 4) is 11.5 Å². The normalized spacial score (nSPS) is 14.4.